The molecule has 2 heteroatoms. The van der Waals surface area contributed by atoms with Gasteiger partial charge in [-0.3, -0.25) is 5.73 Å². The molecule has 0 fully saturated rings. The minimum absolute atomic E-state index is 0.0162. The van der Waals surface area contributed by atoms with Gasteiger partial charge in [0.15, 0.2) is 0 Å². The van der Waals surface area contributed by atoms with Crippen LogP contribution in [0.2, 0.25) is 0 Å². The van der Waals surface area contributed by atoms with Crippen molar-refractivity contribution in [1.29, 1.82) is 0 Å². The molecule has 1 radical (unpaired) electrons. The van der Waals surface area contributed by atoms with Gasteiger partial charge in [-0.05, 0) is 5.92 Å². The first-order chi connectivity index (χ1) is 3.18. The zero-order valence-corrected chi connectivity index (χ0v) is 4.81. The number of hydrogen-bond donors (Lipinski definition) is 1. The Hall–Kier alpha value is -0.0800. The first kappa shape index (κ1) is 6.92. The molecule has 0 rings (SSSR count). The van der Waals surface area contributed by atoms with Crippen molar-refractivity contribution >= 4 is 0 Å². The standard InChI is InChI=1S/C5H12NO/c1-4(2)5(6)3-7/h4-7H,3H2,1-2H3/t5-/m0/s1. The van der Waals surface area contributed by atoms with Crippen molar-refractivity contribution in [1.82, 2.24) is 5.73 Å². The normalized spacial score (nSPS) is 15.0. The molecule has 0 bridgehead atoms. The number of aliphatic hydroxyl groups is 1. The molecule has 0 saturated heterocycles. The first-order valence-electron chi connectivity index (χ1n) is 2.50. The lowest BCUT2D eigenvalue weighted by atomic mass is 10.1. The second-order valence-corrected chi connectivity index (χ2v) is 2.03. The molecule has 0 aliphatic carbocycles. The van der Waals surface area contributed by atoms with Gasteiger partial charge in [-0.2, -0.15) is 0 Å². The lowest BCUT2D eigenvalue weighted by Crippen LogP contribution is -2.20. The van der Waals surface area contributed by atoms with E-state index < -0.39 is 0 Å². The van der Waals surface area contributed by atoms with Gasteiger partial charge >= 0.3 is 0 Å². The molecule has 0 aliphatic heterocycles. The molecule has 0 aromatic rings. The van der Waals surface area contributed by atoms with Crippen LogP contribution >= 0.6 is 0 Å². The maximum Gasteiger partial charge on any atom is 0.0600 e. The van der Waals surface area contributed by atoms with E-state index in [2.05, 4.69) is 0 Å². The summed E-state index contributed by atoms with van der Waals surface area (Å²) >= 11 is 0. The summed E-state index contributed by atoms with van der Waals surface area (Å²) in [7, 11) is 0. The number of hydrogen-bond acceptors (Lipinski definition) is 1. The summed E-state index contributed by atoms with van der Waals surface area (Å²) in [5.41, 5.74) is 7.03. The summed E-state index contributed by atoms with van der Waals surface area (Å²) in [6.45, 7) is 3.83. The Morgan fingerprint density at radius 2 is 2.00 bits per heavy atom. The monoisotopic (exact) mass is 102 g/mol. The van der Waals surface area contributed by atoms with Gasteiger partial charge in [-0.25, -0.2) is 0 Å². The van der Waals surface area contributed by atoms with Crippen molar-refractivity contribution in [2.45, 2.75) is 19.9 Å². The molecule has 7 heavy (non-hydrogen) atoms. The van der Waals surface area contributed by atoms with Crippen LogP contribution < -0.4 is 5.73 Å². The molecule has 0 spiro atoms. The van der Waals surface area contributed by atoms with E-state index in [1.165, 1.54) is 0 Å². The zero-order chi connectivity index (χ0) is 5.86. The lowest BCUT2D eigenvalue weighted by Gasteiger charge is -2.08. The summed E-state index contributed by atoms with van der Waals surface area (Å²) in [6, 6.07) is -0.292. The summed E-state index contributed by atoms with van der Waals surface area (Å²) < 4.78 is 0. The van der Waals surface area contributed by atoms with Crippen LogP contribution in [-0.2, 0) is 0 Å². The third-order valence-corrected chi connectivity index (χ3v) is 1.00. The lowest BCUT2D eigenvalue weighted by molar-refractivity contribution is 0.234. The van der Waals surface area contributed by atoms with E-state index in [0.717, 1.165) is 0 Å². The van der Waals surface area contributed by atoms with Crippen molar-refractivity contribution in [2.24, 2.45) is 5.92 Å². The maximum atomic E-state index is 8.32. The van der Waals surface area contributed by atoms with E-state index in [9.17, 15) is 0 Å². The second kappa shape index (κ2) is 2.99. The Balaban J connectivity index is 3.14. The molecule has 0 aliphatic rings. The van der Waals surface area contributed by atoms with Gasteiger partial charge in [-0.15, -0.1) is 0 Å². The fourth-order valence-electron chi connectivity index (χ4n) is 0.211. The van der Waals surface area contributed by atoms with Crippen molar-refractivity contribution in [2.75, 3.05) is 6.61 Å². The molecular weight excluding hydrogens is 90.1 g/mol. The molecule has 43 valence electrons. The van der Waals surface area contributed by atoms with Crippen LogP contribution in [0.1, 0.15) is 13.8 Å². The van der Waals surface area contributed by atoms with Gasteiger partial charge in [0.05, 0.1) is 6.61 Å². The minimum Gasteiger partial charge on any atom is -0.395 e. The van der Waals surface area contributed by atoms with E-state index in [1.54, 1.807) is 0 Å². The molecule has 1 atom stereocenters. The average molecular weight is 102 g/mol. The Kier molecular flexibility index (Phi) is 2.96. The van der Waals surface area contributed by atoms with Crippen molar-refractivity contribution in [3.8, 4) is 0 Å². The number of aliphatic hydroxyl groups excluding tert-OH is 1. The highest BCUT2D eigenvalue weighted by atomic mass is 16.3. The summed E-state index contributed by atoms with van der Waals surface area (Å²) in [5.74, 6) is 0.282. The average Bonchev–Trinajstić information content (AvgIpc) is 1.65. The molecule has 0 saturated carbocycles. The largest absolute Gasteiger partial charge is 0.395 e. The molecular formula is C5H12NO. The maximum absolute atomic E-state index is 8.32. The smallest absolute Gasteiger partial charge is 0.0600 e. The minimum atomic E-state index is -0.292. The van der Waals surface area contributed by atoms with Gasteiger partial charge in [-0.1, -0.05) is 13.8 Å². The number of rotatable bonds is 2. The molecule has 0 heterocycles. The first-order valence-corrected chi connectivity index (χ1v) is 2.50. The van der Waals surface area contributed by atoms with Gasteiger partial charge in [0, 0.05) is 6.04 Å². The van der Waals surface area contributed by atoms with Crippen molar-refractivity contribution < 1.29 is 5.11 Å². The Bertz CT molecular complexity index is 45.3. The molecule has 0 aromatic carbocycles. The fourth-order valence-corrected chi connectivity index (χ4v) is 0.211. The zero-order valence-electron chi connectivity index (χ0n) is 4.81. The quantitative estimate of drug-likeness (QED) is 0.535. The second-order valence-electron chi connectivity index (χ2n) is 2.03. The highest BCUT2D eigenvalue weighted by Crippen LogP contribution is 1.96. The van der Waals surface area contributed by atoms with Crippen LogP contribution in [0.4, 0.5) is 0 Å². The highest BCUT2D eigenvalue weighted by Gasteiger charge is 2.03. The third kappa shape index (κ3) is 2.60. The number of nitrogens with one attached hydrogen (secondary N) is 1. The van der Waals surface area contributed by atoms with E-state index in [4.69, 9.17) is 10.8 Å². The van der Waals surface area contributed by atoms with Gasteiger partial charge < -0.3 is 5.11 Å². The van der Waals surface area contributed by atoms with E-state index in [-0.39, 0.29) is 18.6 Å². The van der Waals surface area contributed by atoms with Crippen LogP contribution in [0.15, 0.2) is 0 Å². The summed E-state index contributed by atoms with van der Waals surface area (Å²) in [4.78, 5) is 0. The van der Waals surface area contributed by atoms with Crippen LogP contribution in [-0.4, -0.2) is 17.8 Å². The highest BCUT2D eigenvalue weighted by molar-refractivity contribution is 4.60. The van der Waals surface area contributed by atoms with E-state index in [0.29, 0.717) is 0 Å². The SMILES string of the molecule is CC(C)[C@@H]([NH])CO. The molecule has 0 aromatic heterocycles. The van der Waals surface area contributed by atoms with Gasteiger partial charge in [0.25, 0.3) is 0 Å². The Labute approximate surface area is 44.3 Å². The predicted octanol–water partition coefficient (Wildman–Crippen LogP) is 0.286. The third-order valence-electron chi connectivity index (χ3n) is 1.00. The van der Waals surface area contributed by atoms with Crippen LogP contribution in [0.3, 0.4) is 0 Å². The van der Waals surface area contributed by atoms with Gasteiger partial charge in [0.1, 0.15) is 0 Å². The molecule has 2 nitrogen and oxygen atoms in total. The van der Waals surface area contributed by atoms with Crippen molar-refractivity contribution in [3.63, 3.8) is 0 Å². The summed E-state index contributed by atoms with van der Waals surface area (Å²) in [5, 5.41) is 8.32. The molecule has 2 N–H and O–H groups in total. The molecule has 0 unspecified atom stereocenters. The van der Waals surface area contributed by atoms with Crippen LogP contribution in [0.5, 0.6) is 0 Å². The Morgan fingerprint density at radius 1 is 1.57 bits per heavy atom. The van der Waals surface area contributed by atoms with E-state index in [1.807, 2.05) is 13.8 Å². The Morgan fingerprint density at radius 3 is 2.00 bits per heavy atom. The fraction of sp³-hybridized carbons (Fsp3) is 1.00. The van der Waals surface area contributed by atoms with Gasteiger partial charge in [0.2, 0.25) is 0 Å². The van der Waals surface area contributed by atoms with Crippen molar-refractivity contribution in [3.05, 3.63) is 0 Å². The van der Waals surface area contributed by atoms with Crippen LogP contribution in [0.25, 0.3) is 0 Å². The summed E-state index contributed by atoms with van der Waals surface area (Å²) in [6.07, 6.45) is 0. The van der Waals surface area contributed by atoms with E-state index >= 15 is 0 Å². The van der Waals surface area contributed by atoms with Crippen LogP contribution in [0, 0.1) is 5.92 Å². The topological polar surface area (TPSA) is 44.0 Å². The predicted molar refractivity (Wildman–Crippen MR) is 28.8 cm³/mol. The molecule has 0 amide bonds.